The van der Waals surface area contributed by atoms with E-state index >= 15 is 0 Å². The van der Waals surface area contributed by atoms with Crippen LogP contribution < -0.4 is 10.6 Å². The molecule has 0 radical (unpaired) electrons. The zero-order chi connectivity index (χ0) is 25.4. The molecule has 0 saturated carbocycles. The Kier molecular flexibility index (Phi) is 12.3. The van der Waals surface area contributed by atoms with Crippen LogP contribution in [0, 0.1) is 0 Å². The molecule has 0 rings (SSSR count). The summed E-state index contributed by atoms with van der Waals surface area (Å²) in [6, 6.07) is 0.587. The molecular weight excluding hydrogens is 481 g/mol. The molecular formula is C19H44N2O7Si4. The van der Waals surface area contributed by atoms with Crippen LogP contribution in [0.3, 0.4) is 0 Å². The first-order valence-corrected chi connectivity index (χ1v) is 23.1. The Morgan fingerprint density at radius 2 is 1.31 bits per heavy atom. The molecule has 13 heteroatoms. The van der Waals surface area contributed by atoms with Gasteiger partial charge in [-0.25, -0.2) is 4.79 Å². The van der Waals surface area contributed by atoms with E-state index in [-0.39, 0.29) is 6.54 Å². The van der Waals surface area contributed by atoms with Crippen LogP contribution in [0.4, 0.5) is 4.79 Å². The summed E-state index contributed by atoms with van der Waals surface area (Å²) in [5.74, 6) is -0.415. The maximum absolute atomic E-state index is 12.0. The number of ether oxygens (including phenoxy) is 1. The molecule has 0 aliphatic carbocycles. The van der Waals surface area contributed by atoms with Crippen molar-refractivity contribution in [1.82, 2.24) is 10.6 Å². The highest BCUT2D eigenvalue weighted by atomic mass is 28.5. The maximum Gasteiger partial charge on any atom is 0.469 e. The third-order valence-corrected chi connectivity index (χ3v) is 15.4. The summed E-state index contributed by atoms with van der Waals surface area (Å²) in [5, 5.41) is 14.8. The maximum atomic E-state index is 12.0. The molecule has 32 heavy (non-hydrogen) atoms. The van der Waals surface area contributed by atoms with Crippen LogP contribution in [0.15, 0.2) is 12.2 Å². The van der Waals surface area contributed by atoms with Crippen LogP contribution in [0.25, 0.3) is 0 Å². The molecule has 0 bridgehead atoms. The topological polar surface area (TPSA) is 115 Å². The Morgan fingerprint density at radius 3 is 1.69 bits per heavy atom. The largest absolute Gasteiger partial charge is 0.469 e. The zero-order valence-corrected chi connectivity index (χ0v) is 25.5. The van der Waals surface area contributed by atoms with Crippen molar-refractivity contribution in [3.63, 3.8) is 0 Å². The minimum Gasteiger partial charge on any atom is -0.418 e. The van der Waals surface area contributed by atoms with Gasteiger partial charge in [-0.3, -0.25) is 4.79 Å². The van der Waals surface area contributed by atoms with Crippen LogP contribution in [0.2, 0.25) is 65.0 Å². The summed E-state index contributed by atoms with van der Waals surface area (Å²) < 4.78 is 24.6. The predicted octanol–water partition coefficient (Wildman–Crippen LogP) is 3.61. The first kappa shape index (κ1) is 31.2. The van der Waals surface area contributed by atoms with E-state index in [1.165, 1.54) is 0 Å². The Hall–Kier alpha value is -0.812. The number of aliphatic hydroxyl groups is 1. The Morgan fingerprint density at radius 1 is 0.875 bits per heavy atom. The summed E-state index contributed by atoms with van der Waals surface area (Å²) in [5.41, 5.74) is 0.302. The van der Waals surface area contributed by atoms with E-state index in [4.69, 9.17) is 17.1 Å². The standard InChI is InChI=1S/C19H44N2O7Si4/c1-16(2)18(23)21-15-17(22)25-19(24)20-13-12-14-32(26-29(3,4)5,27-30(6,7)8)28-31(9,10)11/h17,22H,1,12-15H2,2-11H3,(H,20,24)(H,21,23). The average molecular weight is 525 g/mol. The number of nitrogens with one attached hydrogen (secondary N) is 2. The highest BCUT2D eigenvalue weighted by Gasteiger charge is 2.49. The van der Waals surface area contributed by atoms with Gasteiger partial charge < -0.3 is 32.8 Å². The number of amides is 2. The first-order valence-electron chi connectivity index (χ1n) is 10.9. The Balaban J connectivity index is 4.94. The molecule has 2 amide bonds. The van der Waals surface area contributed by atoms with E-state index in [9.17, 15) is 14.7 Å². The molecule has 1 atom stereocenters. The van der Waals surface area contributed by atoms with Gasteiger partial charge in [0.25, 0.3) is 0 Å². The fraction of sp³-hybridized carbons (Fsp3) is 0.789. The molecule has 3 N–H and O–H groups in total. The van der Waals surface area contributed by atoms with Crippen LogP contribution in [-0.2, 0) is 21.9 Å². The van der Waals surface area contributed by atoms with E-state index in [0.29, 0.717) is 24.6 Å². The van der Waals surface area contributed by atoms with Crippen molar-refractivity contribution in [2.24, 2.45) is 0 Å². The highest BCUT2D eigenvalue weighted by Crippen LogP contribution is 2.29. The quantitative estimate of drug-likeness (QED) is 0.138. The van der Waals surface area contributed by atoms with Gasteiger partial charge in [-0.1, -0.05) is 6.58 Å². The smallest absolute Gasteiger partial charge is 0.418 e. The van der Waals surface area contributed by atoms with Crippen molar-refractivity contribution in [3.05, 3.63) is 12.2 Å². The van der Waals surface area contributed by atoms with Crippen molar-refractivity contribution in [2.75, 3.05) is 13.1 Å². The predicted molar refractivity (Wildman–Crippen MR) is 137 cm³/mol. The third-order valence-electron chi connectivity index (χ3n) is 3.38. The normalized spacial score (nSPS) is 14.0. The lowest BCUT2D eigenvalue weighted by Crippen LogP contribution is -2.60. The summed E-state index contributed by atoms with van der Waals surface area (Å²) in [6.07, 6.45) is -1.63. The summed E-state index contributed by atoms with van der Waals surface area (Å²) >= 11 is 0. The van der Waals surface area contributed by atoms with E-state index in [1.807, 2.05) is 0 Å². The second-order valence-electron chi connectivity index (χ2n) is 10.7. The molecule has 0 spiro atoms. The van der Waals surface area contributed by atoms with Crippen molar-refractivity contribution in [1.29, 1.82) is 0 Å². The van der Waals surface area contributed by atoms with Gasteiger partial charge in [-0.15, -0.1) is 0 Å². The van der Waals surface area contributed by atoms with E-state index < -0.39 is 52.0 Å². The van der Waals surface area contributed by atoms with Crippen molar-refractivity contribution in [3.8, 4) is 0 Å². The van der Waals surface area contributed by atoms with Crippen molar-refractivity contribution < 1.29 is 31.8 Å². The molecule has 1 unspecified atom stereocenters. The molecule has 9 nitrogen and oxygen atoms in total. The SMILES string of the molecule is C=C(C)C(=O)NCC(O)OC(=O)NCCC[Si](O[Si](C)(C)C)(O[Si](C)(C)C)O[Si](C)(C)C. The molecule has 0 heterocycles. The van der Waals surface area contributed by atoms with E-state index in [1.54, 1.807) is 6.92 Å². The molecule has 0 aromatic carbocycles. The van der Waals surface area contributed by atoms with Crippen LogP contribution in [0.1, 0.15) is 13.3 Å². The molecule has 0 aromatic rings. The minimum absolute atomic E-state index is 0.215. The fourth-order valence-electron chi connectivity index (χ4n) is 2.65. The number of carbonyl (C=O) groups is 2. The van der Waals surface area contributed by atoms with Gasteiger partial charge in [0.2, 0.25) is 12.2 Å². The number of hydrogen-bond acceptors (Lipinski definition) is 7. The molecule has 0 fully saturated rings. The van der Waals surface area contributed by atoms with Crippen molar-refractivity contribution in [2.45, 2.75) is 84.6 Å². The zero-order valence-electron chi connectivity index (χ0n) is 21.5. The number of rotatable bonds is 14. The second-order valence-corrected chi connectivity index (χ2v) is 27.7. The minimum atomic E-state index is -2.95. The van der Waals surface area contributed by atoms with Gasteiger partial charge in [-0.2, -0.15) is 0 Å². The molecule has 0 aliphatic rings. The lowest BCUT2D eigenvalue weighted by molar-refractivity contribution is -0.120. The van der Waals surface area contributed by atoms with Gasteiger partial charge in [0.05, 0.1) is 6.54 Å². The van der Waals surface area contributed by atoms with Crippen LogP contribution >= 0.6 is 0 Å². The molecule has 0 aliphatic heterocycles. The summed E-state index contributed by atoms with van der Waals surface area (Å²) in [6.45, 7) is 24.3. The van der Waals surface area contributed by atoms with Crippen LogP contribution in [-0.4, -0.2) is 70.2 Å². The highest BCUT2D eigenvalue weighted by molar-refractivity contribution is 6.90. The first-order chi connectivity index (χ1) is 14.2. The van der Waals surface area contributed by atoms with Gasteiger partial charge in [-0.05, 0) is 72.3 Å². The number of carbonyl (C=O) groups excluding carboxylic acids is 2. The summed E-state index contributed by atoms with van der Waals surface area (Å²) in [7, 11) is -8.81. The number of aliphatic hydroxyl groups excluding tert-OH is 1. The monoisotopic (exact) mass is 524 g/mol. The number of alkyl carbamates (subject to hydrolysis) is 1. The van der Waals surface area contributed by atoms with Gasteiger partial charge >= 0.3 is 14.9 Å². The molecule has 0 saturated heterocycles. The summed E-state index contributed by atoms with van der Waals surface area (Å²) in [4.78, 5) is 23.4. The van der Waals surface area contributed by atoms with Gasteiger partial charge in [0, 0.05) is 18.2 Å². The molecule has 0 aromatic heterocycles. The van der Waals surface area contributed by atoms with Crippen molar-refractivity contribution >= 4 is 45.8 Å². The van der Waals surface area contributed by atoms with E-state index in [0.717, 1.165) is 0 Å². The average Bonchev–Trinajstić information content (AvgIpc) is 2.51. The van der Waals surface area contributed by atoms with Crippen LogP contribution in [0.5, 0.6) is 0 Å². The molecule has 188 valence electrons. The van der Waals surface area contributed by atoms with Gasteiger partial charge in [0.15, 0.2) is 25.0 Å². The Bertz CT molecular complexity index is 602. The second kappa shape index (κ2) is 12.6. The van der Waals surface area contributed by atoms with Gasteiger partial charge in [0.1, 0.15) is 0 Å². The fourth-order valence-corrected chi connectivity index (χ4v) is 17.3. The third kappa shape index (κ3) is 15.9. The lowest BCUT2D eigenvalue weighted by atomic mass is 10.3. The lowest BCUT2D eigenvalue weighted by Gasteiger charge is -2.43. The van der Waals surface area contributed by atoms with E-state index in [2.05, 4.69) is 76.1 Å². The number of hydrogen-bond donors (Lipinski definition) is 3. The Labute approximate surface area is 198 Å².